The van der Waals surface area contributed by atoms with Gasteiger partial charge in [0.25, 0.3) is 5.91 Å². The largest absolute Gasteiger partial charge is 0.452 e. The van der Waals surface area contributed by atoms with E-state index in [9.17, 15) is 22.4 Å². The molecule has 8 heteroatoms. The molecule has 0 saturated carbocycles. The number of ether oxygens (including phenoxy) is 1. The molecule has 1 amide bonds. The van der Waals surface area contributed by atoms with Gasteiger partial charge in [-0.25, -0.2) is 17.6 Å². The zero-order valence-electron chi connectivity index (χ0n) is 14.1. The number of halogens is 1. The first-order chi connectivity index (χ1) is 12.3. The van der Waals surface area contributed by atoms with Gasteiger partial charge in [0.05, 0.1) is 10.5 Å². The van der Waals surface area contributed by atoms with Gasteiger partial charge in [-0.2, -0.15) is 0 Å². The van der Waals surface area contributed by atoms with Crippen molar-refractivity contribution in [2.75, 3.05) is 19.4 Å². The number of benzene rings is 2. The highest BCUT2D eigenvalue weighted by atomic mass is 32.2. The van der Waals surface area contributed by atoms with Gasteiger partial charge in [0, 0.05) is 12.8 Å². The number of carbonyl (C=O) groups excluding carboxylic acids is 2. The van der Waals surface area contributed by atoms with Gasteiger partial charge in [-0.15, -0.1) is 0 Å². The van der Waals surface area contributed by atoms with Crippen molar-refractivity contribution in [1.82, 2.24) is 5.32 Å². The number of hydrogen-bond donors (Lipinski definition) is 1. The molecule has 0 aromatic heterocycles. The zero-order valence-corrected chi connectivity index (χ0v) is 14.9. The number of hydrogen-bond acceptors (Lipinski definition) is 5. The smallest absolute Gasteiger partial charge is 0.338 e. The first-order valence-electron chi connectivity index (χ1n) is 7.74. The molecule has 2 aromatic rings. The average molecular weight is 379 g/mol. The summed E-state index contributed by atoms with van der Waals surface area (Å²) in [5.41, 5.74) is 1.02. The van der Waals surface area contributed by atoms with Crippen LogP contribution in [0.5, 0.6) is 0 Å². The van der Waals surface area contributed by atoms with Crippen LogP contribution in [0, 0.1) is 5.82 Å². The van der Waals surface area contributed by atoms with E-state index in [1.807, 2.05) is 0 Å². The van der Waals surface area contributed by atoms with Crippen LogP contribution >= 0.6 is 0 Å². The molecule has 0 bridgehead atoms. The highest BCUT2D eigenvalue weighted by Gasteiger charge is 2.12. The Labute approximate surface area is 150 Å². The predicted molar refractivity (Wildman–Crippen MR) is 92.9 cm³/mol. The number of rotatable bonds is 7. The maximum atomic E-state index is 12.8. The van der Waals surface area contributed by atoms with E-state index in [-0.39, 0.29) is 16.3 Å². The molecule has 0 aliphatic rings. The van der Waals surface area contributed by atoms with E-state index < -0.39 is 28.3 Å². The lowest BCUT2D eigenvalue weighted by atomic mass is 10.1. The van der Waals surface area contributed by atoms with Crippen molar-refractivity contribution in [2.45, 2.75) is 11.3 Å². The van der Waals surface area contributed by atoms with Crippen LogP contribution in [0.3, 0.4) is 0 Å². The van der Waals surface area contributed by atoms with E-state index in [4.69, 9.17) is 4.74 Å². The Hall–Kier alpha value is -2.74. The Morgan fingerprint density at radius 1 is 1.04 bits per heavy atom. The van der Waals surface area contributed by atoms with E-state index in [0.29, 0.717) is 13.0 Å². The minimum atomic E-state index is -3.34. The van der Waals surface area contributed by atoms with Gasteiger partial charge in [0.15, 0.2) is 16.4 Å². The number of amides is 1. The Bertz CT molecular complexity index is 877. The lowest BCUT2D eigenvalue weighted by Crippen LogP contribution is -2.30. The third kappa shape index (κ3) is 5.96. The molecule has 26 heavy (non-hydrogen) atoms. The van der Waals surface area contributed by atoms with Crippen LogP contribution < -0.4 is 5.32 Å². The fourth-order valence-corrected chi connectivity index (χ4v) is 2.73. The second kappa shape index (κ2) is 8.57. The van der Waals surface area contributed by atoms with Crippen molar-refractivity contribution in [3.8, 4) is 0 Å². The molecule has 138 valence electrons. The summed E-state index contributed by atoms with van der Waals surface area (Å²) in [6.45, 7) is -0.124. The molecule has 0 heterocycles. The van der Waals surface area contributed by atoms with Gasteiger partial charge in [-0.3, -0.25) is 4.79 Å². The Morgan fingerprint density at radius 2 is 1.65 bits per heavy atom. The van der Waals surface area contributed by atoms with Crippen LogP contribution in [-0.4, -0.2) is 39.7 Å². The predicted octanol–water partition coefficient (Wildman–Crippen LogP) is 1.74. The maximum Gasteiger partial charge on any atom is 0.338 e. The summed E-state index contributed by atoms with van der Waals surface area (Å²) in [4.78, 5) is 23.6. The van der Waals surface area contributed by atoms with Gasteiger partial charge >= 0.3 is 5.97 Å². The molecule has 0 aliphatic carbocycles. The minimum absolute atomic E-state index is 0.0904. The molecule has 0 spiro atoms. The Kier molecular flexibility index (Phi) is 6.46. The molecule has 0 fully saturated rings. The first-order valence-corrected chi connectivity index (χ1v) is 9.63. The number of sulfone groups is 1. The van der Waals surface area contributed by atoms with E-state index in [1.54, 1.807) is 12.1 Å². The summed E-state index contributed by atoms with van der Waals surface area (Å²) in [5.74, 6) is -1.51. The third-order valence-corrected chi connectivity index (χ3v) is 4.63. The topological polar surface area (TPSA) is 89.5 Å². The molecule has 6 nitrogen and oxygen atoms in total. The summed E-state index contributed by atoms with van der Waals surface area (Å²) in [6, 6.07) is 11.2. The summed E-state index contributed by atoms with van der Waals surface area (Å²) < 4.78 is 40.4. The summed E-state index contributed by atoms with van der Waals surface area (Å²) in [5, 5.41) is 2.59. The monoisotopic (exact) mass is 379 g/mol. The lowest BCUT2D eigenvalue weighted by Gasteiger charge is -2.07. The van der Waals surface area contributed by atoms with Gasteiger partial charge in [-0.1, -0.05) is 12.1 Å². The molecule has 0 aliphatic heterocycles. The van der Waals surface area contributed by atoms with Gasteiger partial charge in [0.1, 0.15) is 5.82 Å². The number of carbonyl (C=O) groups is 2. The van der Waals surface area contributed by atoms with Crippen LogP contribution in [0.2, 0.25) is 0 Å². The lowest BCUT2D eigenvalue weighted by molar-refractivity contribution is -0.124. The van der Waals surface area contributed by atoms with Crippen LogP contribution in [0.4, 0.5) is 4.39 Å². The first kappa shape index (κ1) is 19.6. The Balaban J connectivity index is 1.76. The van der Waals surface area contributed by atoms with Crippen molar-refractivity contribution in [3.63, 3.8) is 0 Å². The van der Waals surface area contributed by atoms with Gasteiger partial charge < -0.3 is 10.1 Å². The molecule has 2 rings (SSSR count). The molecule has 2 aromatic carbocycles. The van der Waals surface area contributed by atoms with E-state index >= 15 is 0 Å². The Morgan fingerprint density at radius 3 is 2.23 bits per heavy atom. The molecule has 1 N–H and O–H groups in total. The van der Waals surface area contributed by atoms with Gasteiger partial charge in [0.2, 0.25) is 0 Å². The van der Waals surface area contributed by atoms with Crippen LogP contribution in [0.25, 0.3) is 0 Å². The highest BCUT2D eigenvalue weighted by Crippen LogP contribution is 2.11. The second-order valence-corrected chi connectivity index (χ2v) is 7.61. The van der Waals surface area contributed by atoms with Crippen LogP contribution in [-0.2, 0) is 25.8 Å². The molecule has 0 saturated heterocycles. The number of esters is 1. The molecule has 0 unspecified atom stereocenters. The highest BCUT2D eigenvalue weighted by molar-refractivity contribution is 7.90. The normalized spacial score (nSPS) is 11.0. The molecule has 0 atom stereocenters. The molecule has 0 radical (unpaired) electrons. The SMILES string of the molecule is CS(=O)(=O)c1ccc(C(=O)OCC(=O)NCCc2ccc(F)cc2)cc1. The maximum absolute atomic E-state index is 12.8. The van der Waals surface area contributed by atoms with Crippen LogP contribution in [0.1, 0.15) is 15.9 Å². The van der Waals surface area contributed by atoms with Crippen molar-refractivity contribution in [3.05, 3.63) is 65.5 Å². The molecular weight excluding hydrogens is 361 g/mol. The molecular formula is C18H18FNO5S. The standard InChI is InChI=1S/C18H18FNO5S/c1-26(23,24)16-8-4-14(5-9-16)18(22)25-12-17(21)20-11-10-13-2-6-15(19)7-3-13/h2-9H,10-12H2,1H3,(H,20,21). The van der Waals surface area contributed by atoms with Gasteiger partial charge in [-0.05, 0) is 48.4 Å². The minimum Gasteiger partial charge on any atom is -0.452 e. The summed E-state index contributed by atoms with van der Waals surface area (Å²) in [6.07, 6.45) is 1.59. The van der Waals surface area contributed by atoms with Crippen molar-refractivity contribution >= 4 is 21.7 Å². The van der Waals surface area contributed by atoms with Crippen molar-refractivity contribution < 1.29 is 27.1 Å². The fraction of sp³-hybridized carbons (Fsp3) is 0.222. The number of nitrogens with one attached hydrogen (secondary N) is 1. The summed E-state index contributed by atoms with van der Waals surface area (Å²) in [7, 11) is -3.34. The zero-order chi connectivity index (χ0) is 19.2. The fourth-order valence-electron chi connectivity index (χ4n) is 2.10. The van der Waals surface area contributed by atoms with E-state index in [0.717, 1.165) is 11.8 Å². The quantitative estimate of drug-likeness (QED) is 0.741. The van der Waals surface area contributed by atoms with Crippen molar-refractivity contribution in [1.29, 1.82) is 0 Å². The van der Waals surface area contributed by atoms with E-state index in [2.05, 4.69) is 5.32 Å². The second-order valence-electron chi connectivity index (χ2n) is 5.60. The van der Waals surface area contributed by atoms with Crippen LogP contribution in [0.15, 0.2) is 53.4 Å². The average Bonchev–Trinajstić information content (AvgIpc) is 2.61. The summed E-state index contributed by atoms with van der Waals surface area (Å²) >= 11 is 0. The van der Waals surface area contributed by atoms with Crippen molar-refractivity contribution in [2.24, 2.45) is 0 Å². The third-order valence-electron chi connectivity index (χ3n) is 3.50. The van der Waals surface area contributed by atoms with E-state index in [1.165, 1.54) is 36.4 Å².